The van der Waals surface area contributed by atoms with Crippen molar-refractivity contribution in [3.05, 3.63) is 60.2 Å². The van der Waals surface area contributed by atoms with Gasteiger partial charge in [-0.3, -0.25) is 9.97 Å². The van der Waals surface area contributed by atoms with Gasteiger partial charge >= 0.3 is 0 Å². The van der Waals surface area contributed by atoms with Crippen molar-refractivity contribution >= 4 is 10.0 Å². The Labute approximate surface area is 113 Å². The molecule has 2 rings (SSSR count). The Hall–Kier alpha value is -1.79. The number of hydrogen-bond donors (Lipinski definition) is 0. The Morgan fingerprint density at radius 3 is 1.74 bits per heavy atom. The molecular formula is C13H15N3O2S. The van der Waals surface area contributed by atoms with E-state index in [1.807, 2.05) is 12.1 Å². The van der Waals surface area contributed by atoms with Crippen molar-refractivity contribution in [2.45, 2.75) is 13.1 Å². The first kappa shape index (κ1) is 13.6. The number of aromatic nitrogens is 2. The van der Waals surface area contributed by atoms with Crippen LogP contribution in [0.15, 0.2) is 48.8 Å². The molecule has 0 amide bonds. The molecule has 0 bridgehead atoms. The van der Waals surface area contributed by atoms with Crippen molar-refractivity contribution in [3.8, 4) is 0 Å². The van der Waals surface area contributed by atoms with Crippen molar-refractivity contribution in [3.63, 3.8) is 0 Å². The second kappa shape index (κ2) is 5.90. The van der Waals surface area contributed by atoms with E-state index >= 15 is 0 Å². The molecule has 0 N–H and O–H groups in total. The van der Waals surface area contributed by atoms with Crippen LogP contribution in [-0.4, -0.2) is 28.9 Å². The smallest absolute Gasteiger partial charge is 0.211 e. The summed E-state index contributed by atoms with van der Waals surface area (Å²) in [5, 5.41) is 0. The quantitative estimate of drug-likeness (QED) is 0.829. The Kier molecular flexibility index (Phi) is 4.24. The molecule has 0 saturated heterocycles. The molecule has 2 aromatic heterocycles. The molecule has 2 aromatic rings. The van der Waals surface area contributed by atoms with Gasteiger partial charge in [0.05, 0.1) is 30.7 Å². The van der Waals surface area contributed by atoms with Gasteiger partial charge < -0.3 is 0 Å². The number of sulfonamides is 1. The summed E-state index contributed by atoms with van der Waals surface area (Å²) < 4.78 is 25.0. The van der Waals surface area contributed by atoms with E-state index in [2.05, 4.69) is 9.97 Å². The largest absolute Gasteiger partial charge is 0.260 e. The minimum Gasteiger partial charge on any atom is -0.260 e. The van der Waals surface area contributed by atoms with E-state index in [9.17, 15) is 8.42 Å². The van der Waals surface area contributed by atoms with Crippen molar-refractivity contribution in [1.29, 1.82) is 0 Å². The second-order valence-corrected chi connectivity index (χ2v) is 6.16. The Balaban J connectivity index is 2.18. The normalized spacial score (nSPS) is 11.7. The summed E-state index contributed by atoms with van der Waals surface area (Å²) in [6.45, 7) is 0.493. The number of nitrogens with zero attached hydrogens (tertiary/aromatic N) is 3. The third kappa shape index (κ3) is 4.11. The molecule has 0 aromatic carbocycles. The molecule has 0 aliphatic carbocycles. The van der Waals surface area contributed by atoms with E-state index in [1.165, 1.54) is 10.6 Å². The lowest BCUT2D eigenvalue weighted by molar-refractivity contribution is 0.396. The van der Waals surface area contributed by atoms with Gasteiger partial charge in [-0.2, -0.15) is 4.31 Å². The van der Waals surface area contributed by atoms with Gasteiger partial charge in [0.25, 0.3) is 0 Å². The lowest BCUT2D eigenvalue weighted by Gasteiger charge is -2.19. The van der Waals surface area contributed by atoms with E-state index in [0.29, 0.717) is 11.4 Å². The molecule has 0 unspecified atom stereocenters. The zero-order valence-corrected chi connectivity index (χ0v) is 11.4. The van der Waals surface area contributed by atoms with Crippen LogP contribution in [0.3, 0.4) is 0 Å². The summed E-state index contributed by atoms with van der Waals surface area (Å²) in [4.78, 5) is 8.29. The van der Waals surface area contributed by atoms with Crippen LogP contribution in [0.5, 0.6) is 0 Å². The van der Waals surface area contributed by atoms with Crippen LogP contribution in [-0.2, 0) is 23.1 Å². The van der Waals surface area contributed by atoms with Crippen LogP contribution in [0.25, 0.3) is 0 Å². The Morgan fingerprint density at radius 2 is 1.42 bits per heavy atom. The average Bonchev–Trinajstić information content (AvgIpc) is 2.39. The lowest BCUT2D eigenvalue weighted by Crippen LogP contribution is -2.29. The van der Waals surface area contributed by atoms with Gasteiger partial charge in [0.2, 0.25) is 10.0 Å². The summed E-state index contributed by atoms with van der Waals surface area (Å²) in [6, 6.07) is 10.9. The van der Waals surface area contributed by atoms with Crippen LogP contribution >= 0.6 is 0 Å². The minimum absolute atomic E-state index is 0.246. The Bertz CT molecular complexity index is 573. The van der Waals surface area contributed by atoms with E-state index in [4.69, 9.17) is 0 Å². The zero-order chi connectivity index (χ0) is 13.7. The number of hydrogen-bond acceptors (Lipinski definition) is 4. The third-order valence-electron chi connectivity index (χ3n) is 2.60. The zero-order valence-electron chi connectivity index (χ0n) is 10.6. The maximum absolute atomic E-state index is 11.8. The van der Waals surface area contributed by atoms with Crippen molar-refractivity contribution < 1.29 is 8.42 Å². The first-order valence-electron chi connectivity index (χ1n) is 5.80. The van der Waals surface area contributed by atoms with Crippen LogP contribution < -0.4 is 0 Å². The van der Waals surface area contributed by atoms with Gasteiger partial charge in [0.1, 0.15) is 0 Å². The summed E-state index contributed by atoms with van der Waals surface area (Å²) in [5.41, 5.74) is 1.42. The van der Waals surface area contributed by atoms with Gasteiger partial charge in [0.15, 0.2) is 0 Å². The van der Waals surface area contributed by atoms with Crippen LogP contribution in [0.4, 0.5) is 0 Å². The summed E-state index contributed by atoms with van der Waals surface area (Å²) >= 11 is 0. The summed E-state index contributed by atoms with van der Waals surface area (Å²) in [6.07, 6.45) is 4.49. The van der Waals surface area contributed by atoms with Gasteiger partial charge in [-0.1, -0.05) is 12.1 Å². The molecule has 5 nitrogen and oxygen atoms in total. The highest BCUT2D eigenvalue weighted by molar-refractivity contribution is 7.88. The second-order valence-electron chi connectivity index (χ2n) is 4.17. The minimum atomic E-state index is -3.31. The van der Waals surface area contributed by atoms with Crippen LogP contribution in [0.1, 0.15) is 11.4 Å². The van der Waals surface area contributed by atoms with Crippen molar-refractivity contribution in [2.24, 2.45) is 0 Å². The molecule has 0 spiro atoms. The van der Waals surface area contributed by atoms with Crippen molar-refractivity contribution in [2.75, 3.05) is 6.26 Å². The SMILES string of the molecule is CS(=O)(=O)N(Cc1ccccn1)Cc1ccccn1. The fraction of sp³-hybridized carbons (Fsp3) is 0.231. The highest BCUT2D eigenvalue weighted by Gasteiger charge is 2.18. The van der Waals surface area contributed by atoms with Crippen LogP contribution in [0, 0.1) is 0 Å². The molecule has 0 fully saturated rings. The van der Waals surface area contributed by atoms with Gasteiger partial charge in [-0.15, -0.1) is 0 Å². The van der Waals surface area contributed by atoms with Crippen LogP contribution in [0.2, 0.25) is 0 Å². The predicted octanol–water partition coefficient (Wildman–Crippen LogP) is 1.44. The highest BCUT2D eigenvalue weighted by atomic mass is 32.2. The molecule has 0 aliphatic rings. The fourth-order valence-corrected chi connectivity index (χ4v) is 2.37. The average molecular weight is 277 g/mol. The Morgan fingerprint density at radius 1 is 0.947 bits per heavy atom. The molecule has 0 saturated carbocycles. The third-order valence-corrected chi connectivity index (χ3v) is 3.79. The molecule has 0 radical (unpaired) electrons. The molecular weight excluding hydrogens is 262 g/mol. The first-order valence-corrected chi connectivity index (χ1v) is 7.65. The predicted molar refractivity (Wildman–Crippen MR) is 72.6 cm³/mol. The number of rotatable bonds is 5. The fourth-order valence-electron chi connectivity index (χ4n) is 1.64. The van der Waals surface area contributed by atoms with E-state index in [1.54, 1.807) is 36.7 Å². The highest BCUT2D eigenvalue weighted by Crippen LogP contribution is 2.10. The van der Waals surface area contributed by atoms with Crippen molar-refractivity contribution in [1.82, 2.24) is 14.3 Å². The molecule has 0 aliphatic heterocycles. The van der Waals surface area contributed by atoms with E-state index in [0.717, 1.165) is 0 Å². The molecule has 0 atom stereocenters. The lowest BCUT2D eigenvalue weighted by atomic mass is 10.3. The summed E-state index contributed by atoms with van der Waals surface area (Å²) in [5.74, 6) is 0. The molecule has 2 heterocycles. The maximum Gasteiger partial charge on any atom is 0.211 e. The monoisotopic (exact) mass is 277 g/mol. The van der Waals surface area contributed by atoms with E-state index in [-0.39, 0.29) is 13.1 Å². The molecule has 6 heteroatoms. The molecule has 19 heavy (non-hydrogen) atoms. The van der Waals surface area contributed by atoms with Gasteiger partial charge in [-0.05, 0) is 24.3 Å². The molecule has 100 valence electrons. The maximum atomic E-state index is 11.8. The summed E-state index contributed by atoms with van der Waals surface area (Å²) in [7, 11) is -3.31. The van der Waals surface area contributed by atoms with Gasteiger partial charge in [0, 0.05) is 12.4 Å². The topological polar surface area (TPSA) is 63.2 Å². The standard InChI is InChI=1S/C13H15N3O2S/c1-19(17,18)16(10-12-6-2-4-8-14-12)11-13-7-3-5-9-15-13/h2-9H,10-11H2,1H3. The van der Waals surface area contributed by atoms with E-state index < -0.39 is 10.0 Å². The first-order chi connectivity index (χ1) is 9.05. The van der Waals surface area contributed by atoms with Gasteiger partial charge in [-0.25, -0.2) is 8.42 Å². The number of pyridine rings is 2.